The van der Waals surface area contributed by atoms with Gasteiger partial charge in [0.15, 0.2) is 0 Å². The van der Waals surface area contributed by atoms with Gasteiger partial charge in [-0.25, -0.2) is 0 Å². The van der Waals surface area contributed by atoms with Gasteiger partial charge in [0.1, 0.15) is 0 Å². The van der Waals surface area contributed by atoms with Crippen molar-refractivity contribution in [3.05, 3.63) is 11.6 Å². The number of fused-ring (bicyclic) bond motifs is 5. The van der Waals surface area contributed by atoms with Gasteiger partial charge in [0, 0.05) is 0 Å². The van der Waals surface area contributed by atoms with Crippen LogP contribution in [0, 0.1) is 46.3 Å². The maximum absolute atomic E-state index is 10.7. The van der Waals surface area contributed by atoms with Crippen LogP contribution < -0.4 is 0 Å². The fraction of sp³-hybridized carbons (Fsp3) is 0.929. The van der Waals surface area contributed by atoms with Crippen molar-refractivity contribution >= 4 is 16.0 Å². The zero-order valence-corrected chi connectivity index (χ0v) is 22.3. The summed E-state index contributed by atoms with van der Waals surface area (Å²) in [4.78, 5) is 0. The Kier molecular flexibility index (Phi) is 6.65. The third kappa shape index (κ3) is 3.90. The van der Waals surface area contributed by atoms with Crippen LogP contribution in [0.3, 0.4) is 0 Å². The molecule has 8 atom stereocenters. The van der Waals surface area contributed by atoms with Gasteiger partial charge in [-0.1, -0.05) is 20.3 Å². The molecule has 1 unspecified atom stereocenters. The second-order valence-corrected chi connectivity index (χ2v) is 14.3. The number of aliphatic hydroxyl groups is 1. The number of hydrogen-bond acceptors (Lipinski definition) is 1. The van der Waals surface area contributed by atoms with Crippen LogP contribution in [0.2, 0.25) is 0 Å². The molecule has 3 fully saturated rings. The Hall–Kier alpha value is 0.219. The van der Waals surface area contributed by atoms with Crippen LogP contribution in [0.1, 0.15) is 112 Å². The molecule has 0 amide bonds. The van der Waals surface area contributed by atoms with E-state index in [1.165, 1.54) is 64.2 Å². The van der Waals surface area contributed by atoms with Gasteiger partial charge in [-0.15, -0.1) is 0 Å². The van der Waals surface area contributed by atoms with Crippen LogP contribution in [-0.2, 0) is 0 Å². The predicted octanol–water partition coefficient (Wildman–Crippen LogP) is 7.01. The molecular weight excluding hydrogens is 431 g/mol. The average molecular weight is 480 g/mol. The first-order valence-electron chi connectivity index (χ1n) is 13.3. The van der Waals surface area contributed by atoms with Crippen molar-refractivity contribution in [2.24, 2.45) is 46.3 Å². The first-order valence-corrected chi connectivity index (χ1v) is 14.2. The zero-order chi connectivity index (χ0) is 21.7. The molecule has 3 saturated carbocycles. The molecular formula is C28H48OSe. The second-order valence-electron chi connectivity index (χ2n) is 12.5. The van der Waals surface area contributed by atoms with Crippen molar-refractivity contribution in [2.45, 2.75) is 116 Å². The molecule has 0 aromatic rings. The summed E-state index contributed by atoms with van der Waals surface area (Å²) >= 11 is 2.59. The maximum atomic E-state index is 10.7. The number of rotatable bonds is 6. The van der Waals surface area contributed by atoms with Crippen LogP contribution in [0.25, 0.3) is 0 Å². The summed E-state index contributed by atoms with van der Waals surface area (Å²) in [6.45, 7) is 12.5. The summed E-state index contributed by atoms with van der Waals surface area (Å²) < 4.78 is -0.530. The summed E-state index contributed by atoms with van der Waals surface area (Å²) in [7, 11) is 0. The SMILES string of the molecule is CC[C@]12CCC(O)([SeH])CC1=CC[C@@H]1[C@@H]2CC[C@]2(C)[C@@H]([C@H](C)CCCC(C)C)CC[C@@H]12. The molecule has 4 rings (SSSR count). The fourth-order valence-corrected chi connectivity index (χ4v) is 9.72. The molecule has 1 nitrogen and oxygen atoms in total. The van der Waals surface area contributed by atoms with E-state index in [2.05, 4.69) is 56.7 Å². The Bertz CT molecular complexity index is 651. The van der Waals surface area contributed by atoms with E-state index >= 15 is 0 Å². The normalized spacial score (nSPS) is 46.7. The van der Waals surface area contributed by atoms with E-state index in [1.807, 2.05) is 0 Å². The van der Waals surface area contributed by atoms with Gasteiger partial charge < -0.3 is 0 Å². The van der Waals surface area contributed by atoms with Crippen LogP contribution in [0.5, 0.6) is 0 Å². The first-order chi connectivity index (χ1) is 14.1. The molecule has 0 spiro atoms. The Morgan fingerprint density at radius 2 is 1.83 bits per heavy atom. The van der Waals surface area contributed by atoms with Gasteiger partial charge in [0.25, 0.3) is 0 Å². The molecule has 4 aliphatic rings. The molecule has 172 valence electrons. The van der Waals surface area contributed by atoms with Crippen LogP contribution in [-0.4, -0.2) is 25.6 Å². The molecule has 0 bridgehead atoms. The second kappa shape index (κ2) is 8.53. The Labute approximate surface area is 195 Å². The molecule has 0 aromatic heterocycles. The molecule has 0 heterocycles. The molecule has 0 saturated heterocycles. The van der Waals surface area contributed by atoms with E-state index in [0.717, 1.165) is 48.3 Å². The topological polar surface area (TPSA) is 20.2 Å². The van der Waals surface area contributed by atoms with Crippen LogP contribution in [0.15, 0.2) is 11.6 Å². The van der Waals surface area contributed by atoms with Gasteiger partial charge in [0.05, 0.1) is 0 Å². The third-order valence-corrected chi connectivity index (χ3v) is 11.5. The molecule has 0 radical (unpaired) electrons. The minimum atomic E-state index is -0.530. The monoisotopic (exact) mass is 480 g/mol. The summed E-state index contributed by atoms with van der Waals surface area (Å²) in [5.74, 6) is 5.41. The van der Waals surface area contributed by atoms with Gasteiger partial charge in [-0.2, -0.15) is 0 Å². The quantitative estimate of drug-likeness (QED) is 0.321. The summed E-state index contributed by atoms with van der Waals surface area (Å²) in [5.41, 5.74) is 2.61. The van der Waals surface area contributed by atoms with Gasteiger partial charge >= 0.3 is 169 Å². The zero-order valence-electron chi connectivity index (χ0n) is 20.4. The predicted molar refractivity (Wildman–Crippen MR) is 130 cm³/mol. The Morgan fingerprint density at radius 3 is 2.53 bits per heavy atom. The van der Waals surface area contributed by atoms with Crippen LogP contribution >= 0.6 is 0 Å². The van der Waals surface area contributed by atoms with Crippen molar-refractivity contribution in [1.29, 1.82) is 0 Å². The summed E-state index contributed by atoms with van der Waals surface area (Å²) in [6.07, 6.45) is 18.4. The van der Waals surface area contributed by atoms with Gasteiger partial charge in [-0.05, 0) is 5.92 Å². The number of allylic oxidation sites excluding steroid dienone is 1. The summed E-state index contributed by atoms with van der Waals surface area (Å²) in [5, 5.41) is 10.7. The molecule has 0 aromatic carbocycles. The van der Waals surface area contributed by atoms with E-state index in [0.29, 0.717) is 10.8 Å². The van der Waals surface area contributed by atoms with Gasteiger partial charge in [0.2, 0.25) is 0 Å². The van der Waals surface area contributed by atoms with Crippen molar-refractivity contribution in [3.8, 4) is 0 Å². The van der Waals surface area contributed by atoms with Gasteiger partial charge in [-0.3, -0.25) is 0 Å². The van der Waals surface area contributed by atoms with Crippen molar-refractivity contribution in [2.75, 3.05) is 0 Å². The Morgan fingerprint density at radius 1 is 1.07 bits per heavy atom. The Balaban J connectivity index is 1.52. The number of hydrogen-bond donors (Lipinski definition) is 1. The van der Waals surface area contributed by atoms with Crippen molar-refractivity contribution < 1.29 is 5.11 Å². The third-order valence-electron chi connectivity index (χ3n) is 10.7. The minimum absolute atomic E-state index is 0.400. The molecule has 1 N–H and O–H groups in total. The van der Waals surface area contributed by atoms with E-state index in [4.69, 9.17) is 0 Å². The first kappa shape index (κ1) is 23.4. The molecule has 2 heteroatoms. The van der Waals surface area contributed by atoms with E-state index in [-0.39, 0.29) is 0 Å². The molecule has 4 aliphatic carbocycles. The van der Waals surface area contributed by atoms with E-state index < -0.39 is 4.50 Å². The summed E-state index contributed by atoms with van der Waals surface area (Å²) in [6, 6.07) is 0. The van der Waals surface area contributed by atoms with E-state index in [9.17, 15) is 5.11 Å². The van der Waals surface area contributed by atoms with Crippen molar-refractivity contribution in [1.82, 2.24) is 0 Å². The standard InChI is InChI=1S/C28H48OSe/c1-6-27-16-17-28(29,30)18-21(27)10-11-22-24-13-12-23(20(4)9-7-8-19(2)3)26(24,5)15-14-25(22)27/h10,19-20,22-25,29-30H,6-9,11-18H2,1-5H3/t20-,22+,23-,24+,25+,26-,27+,28?/m1/s1. The molecule has 30 heavy (non-hydrogen) atoms. The fourth-order valence-electron chi connectivity index (χ4n) is 9.12. The van der Waals surface area contributed by atoms with Crippen LogP contribution in [0.4, 0.5) is 0 Å². The molecule has 0 aliphatic heterocycles. The average Bonchev–Trinajstić information content (AvgIpc) is 3.04. The van der Waals surface area contributed by atoms with Crippen molar-refractivity contribution in [3.63, 3.8) is 0 Å². The van der Waals surface area contributed by atoms with E-state index in [1.54, 1.807) is 5.57 Å².